The SMILES string of the molecule is CNC(=O)C1CCCCN1C(c1cccc(Br)c1)C(C)N. The lowest BCUT2D eigenvalue weighted by molar-refractivity contribution is -0.128. The molecule has 0 bridgehead atoms. The first kappa shape index (κ1) is 16.5. The lowest BCUT2D eigenvalue weighted by Crippen LogP contribution is -2.53. The summed E-state index contributed by atoms with van der Waals surface area (Å²) in [5.41, 5.74) is 7.43. The van der Waals surface area contributed by atoms with E-state index in [0.717, 1.165) is 35.8 Å². The van der Waals surface area contributed by atoms with Gasteiger partial charge in [-0.2, -0.15) is 0 Å². The fourth-order valence-corrected chi connectivity index (χ4v) is 3.64. The highest BCUT2D eigenvalue weighted by molar-refractivity contribution is 9.10. The van der Waals surface area contributed by atoms with Crippen molar-refractivity contribution in [2.45, 2.75) is 44.3 Å². The lowest BCUT2D eigenvalue weighted by atomic mass is 9.92. The summed E-state index contributed by atoms with van der Waals surface area (Å²) in [6.45, 7) is 2.93. The van der Waals surface area contributed by atoms with E-state index in [-0.39, 0.29) is 24.0 Å². The second kappa shape index (κ2) is 7.38. The number of carbonyl (C=O) groups excluding carboxylic acids is 1. The molecule has 2 rings (SSSR count). The van der Waals surface area contributed by atoms with Crippen LogP contribution >= 0.6 is 15.9 Å². The smallest absolute Gasteiger partial charge is 0.237 e. The van der Waals surface area contributed by atoms with Crippen molar-refractivity contribution in [3.05, 3.63) is 34.3 Å². The highest BCUT2D eigenvalue weighted by atomic mass is 79.9. The molecule has 1 fully saturated rings. The summed E-state index contributed by atoms with van der Waals surface area (Å²) in [4.78, 5) is 14.5. The van der Waals surface area contributed by atoms with Gasteiger partial charge >= 0.3 is 0 Å². The fourth-order valence-electron chi connectivity index (χ4n) is 3.22. The van der Waals surface area contributed by atoms with Crippen LogP contribution in [0.5, 0.6) is 0 Å². The van der Waals surface area contributed by atoms with Gasteiger partial charge < -0.3 is 11.1 Å². The molecule has 1 aliphatic heterocycles. The summed E-state index contributed by atoms with van der Waals surface area (Å²) in [6.07, 6.45) is 3.11. The lowest BCUT2D eigenvalue weighted by Gasteiger charge is -2.42. The van der Waals surface area contributed by atoms with Gasteiger partial charge in [-0.25, -0.2) is 0 Å². The van der Waals surface area contributed by atoms with Gasteiger partial charge in [0.1, 0.15) is 0 Å². The van der Waals surface area contributed by atoms with Gasteiger partial charge in [-0.15, -0.1) is 0 Å². The second-order valence-electron chi connectivity index (χ2n) is 5.72. The average molecular weight is 354 g/mol. The van der Waals surface area contributed by atoms with Crippen molar-refractivity contribution < 1.29 is 4.79 Å². The minimum atomic E-state index is -0.0845. The molecular weight excluding hydrogens is 330 g/mol. The highest BCUT2D eigenvalue weighted by Gasteiger charge is 2.35. The van der Waals surface area contributed by atoms with Crippen LogP contribution < -0.4 is 11.1 Å². The molecule has 5 heteroatoms. The zero-order valence-electron chi connectivity index (χ0n) is 12.7. The number of nitrogens with two attached hydrogens (primary N) is 1. The number of amides is 1. The monoisotopic (exact) mass is 353 g/mol. The topological polar surface area (TPSA) is 58.4 Å². The van der Waals surface area contributed by atoms with Crippen LogP contribution in [0.2, 0.25) is 0 Å². The number of nitrogens with zero attached hydrogens (tertiary/aromatic N) is 1. The normalized spacial score (nSPS) is 22.6. The third-order valence-electron chi connectivity index (χ3n) is 4.14. The first-order valence-electron chi connectivity index (χ1n) is 7.53. The predicted molar refractivity (Wildman–Crippen MR) is 88.9 cm³/mol. The highest BCUT2D eigenvalue weighted by Crippen LogP contribution is 2.31. The van der Waals surface area contributed by atoms with E-state index in [0.29, 0.717) is 0 Å². The average Bonchev–Trinajstić information content (AvgIpc) is 2.47. The van der Waals surface area contributed by atoms with Crippen molar-refractivity contribution in [3.63, 3.8) is 0 Å². The molecule has 3 N–H and O–H groups in total. The number of rotatable bonds is 4. The van der Waals surface area contributed by atoms with E-state index in [1.807, 2.05) is 19.1 Å². The summed E-state index contributed by atoms with van der Waals surface area (Å²) < 4.78 is 1.04. The first-order valence-corrected chi connectivity index (χ1v) is 8.32. The van der Waals surface area contributed by atoms with E-state index < -0.39 is 0 Å². The Hall–Kier alpha value is -0.910. The van der Waals surface area contributed by atoms with Gasteiger partial charge in [0.05, 0.1) is 12.1 Å². The van der Waals surface area contributed by atoms with Crippen molar-refractivity contribution in [3.8, 4) is 0 Å². The molecule has 3 unspecified atom stereocenters. The fraction of sp³-hybridized carbons (Fsp3) is 0.562. The van der Waals surface area contributed by atoms with Crippen LogP contribution in [0.4, 0.5) is 0 Å². The molecule has 1 aliphatic rings. The van der Waals surface area contributed by atoms with E-state index in [9.17, 15) is 4.79 Å². The number of likely N-dealkylation sites (tertiary alicyclic amines) is 1. The Bertz CT molecular complexity index is 492. The van der Waals surface area contributed by atoms with Crippen molar-refractivity contribution in [2.75, 3.05) is 13.6 Å². The molecule has 1 aromatic rings. The van der Waals surface area contributed by atoms with Crippen LogP contribution in [-0.2, 0) is 4.79 Å². The molecule has 0 saturated carbocycles. The Kier molecular flexibility index (Phi) is 5.79. The maximum absolute atomic E-state index is 12.2. The molecule has 3 atom stereocenters. The first-order chi connectivity index (χ1) is 10.0. The summed E-state index contributed by atoms with van der Waals surface area (Å²) in [7, 11) is 1.70. The molecule has 0 aromatic heterocycles. The van der Waals surface area contributed by atoms with Gasteiger partial charge in [0, 0.05) is 17.6 Å². The molecular formula is C16H24BrN3O. The van der Waals surface area contributed by atoms with Crippen LogP contribution in [0.3, 0.4) is 0 Å². The van der Waals surface area contributed by atoms with Crippen LogP contribution in [-0.4, -0.2) is 36.5 Å². The van der Waals surface area contributed by atoms with E-state index in [1.165, 1.54) is 0 Å². The summed E-state index contributed by atoms with van der Waals surface area (Å²) in [6, 6.07) is 8.16. The maximum Gasteiger partial charge on any atom is 0.237 e. The minimum Gasteiger partial charge on any atom is -0.358 e. The minimum absolute atomic E-state index is 0.0374. The number of carbonyl (C=O) groups is 1. The van der Waals surface area contributed by atoms with Crippen LogP contribution in [0.1, 0.15) is 37.8 Å². The zero-order valence-corrected chi connectivity index (χ0v) is 14.3. The van der Waals surface area contributed by atoms with Crippen molar-refractivity contribution >= 4 is 21.8 Å². The van der Waals surface area contributed by atoms with E-state index in [2.05, 4.69) is 38.3 Å². The van der Waals surface area contributed by atoms with E-state index in [1.54, 1.807) is 7.05 Å². The summed E-state index contributed by atoms with van der Waals surface area (Å²) in [5.74, 6) is 0.0929. The standard InChI is InChI=1S/C16H24BrN3O/c1-11(18)15(12-6-5-7-13(17)10-12)20-9-4-3-8-14(20)16(21)19-2/h5-7,10-11,14-15H,3-4,8-9,18H2,1-2H3,(H,19,21). The molecule has 116 valence electrons. The summed E-state index contributed by atoms with van der Waals surface area (Å²) in [5, 5.41) is 2.79. The Morgan fingerprint density at radius 3 is 2.86 bits per heavy atom. The third kappa shape index (κ3) is 3.84. The van der Waals surface area contributed by atoms with Gasteiger partial charge in [0.2, 0.25) is 5.91 Å². The number of hydrogen-bond acceptors (Lipinski definition) is 3. The van der Waals surface area contributed by atoms with Gasteiger partial charge in [-0.05, 0) is 44.0 Å². The molecule has 4 nitrogen and oxygen atoms in total. The van der Waals surface area contributed by atoms with E-state index >= 15 is 0 Å². The second-order valence-corrected chi connectivity index (χ2v) is 6.64. The Morgan fingerprint density at radius 2 is 2.24 bits per heavy atom. The number of halogens is 1. The number of benzene rings is 1. The molecule has 1 aromatic carbocycles. The van der Waals surface area contributed by atoms with E-state index in [4.69, 9.17) is 5.73 Å². The zero-order chi connectivity index (χ0) is 15.4. The van der Waals surface area contributed by atoms with Gasteiger partial charge in [-0.1, -0.05) is 34.5 Å². The molecule has 1 saturated heterocycles. The van der Waals surface area contributed by atoms with Gasteiger partial charge in [0.15, 0.2) is 0 Å². The van der Waals surface area contributed by atoms with Crippen LogP contribution in [0.25, 0.3) is 0 Å². The molecule has 1 amide bonds. The van der Waals surface area contributed by atoms with Crippen LogP contribution in [0.15, 0.2) is 28.7 Å². The number of piperidine rings is 1. The quantitative estimate of drug-likeness (QED) is 0.873. The Labute approximate surface area is 135 Å². The molecule has 1 heterocycles. The number of likely N-dealkylation sites (N-methyl/N-ethyl adjacent to an activating group) is 1. The summed E-state index contributed by atoms with van der Waals surface area (Å²) >= 11 is 3.52. The third-order valence-corrected chi connectivity index (χ3v) is 4.63. The molecule has 0 aliphatic carbocycles. The van der Waals surface area contributed by atoms with Crippen molar-refractivity contribution in [1.29, 1.82) is 0 Å². The Balaban J connectivity index is 2.33. The van der Waals surface area contributed by atoms with Gasteiger partial charge in [0.25, 0.3) is 0 Å². The molecule has 21 heavy (non-hydrogen) atoms. The maximum atomic E-state index is 12.2. The predicted octanol–water partition coefficient (Wildman–Crippen LogP) is 2.44. The Morgan fingerprint density at radius 1 is 1.48 bits per heavy atom. The van der Waals surface area contributed by atoms with Crippen molar-refractivity contribution in [1.82, 2.24) is 10.2 Å². The largest absolute Gasteiger partial charge is 0.358 e. The van der Waals surface area contributed by atoms with Gasteiger partial charge in [-0.3, -0.25) is 9.69 Å². The van der Waals surface area contributed by atoms with Crippen LogP contribution in [0, 0.1) is 0 Å². The number of hydrogen-bond donors (Lipinski definition) is 2. The molecule has 0 radical (unpaired) electrons. The molecule has 0 spiro atoms. The van der Waals surface area contributed by atoms with Crippen molar-refractivity contribution in [2.24, 2.45) is 5.73 Å². The number of nitrogens with one attached hydrogen (secondary N) is 1.